The predicted molar refractivity (Wildman–Crippen MR) is 76.5 cm³/mol. The van der Waals surface area contributed by atoms with Crippen LogP contribution in [0.4, 0.5) is 0 Å². The van der Waals surface area contributed by atoms with Crippen LogP contribution in [0.25, 0.3) is 0 Å². The molecule has 0 spiro atoms. The summed E-state index contributed by atoms with van der Waals surface area (Å²) in [7, 11) is 15.1. The molecule has 0 N–H and O–H groups in total. The summed E-state index contributed by atoms with van der Waals surface area (Å²) in [5.41, 5.74) is 1.11. The second-order valence-corrected chi connectivity index (χ2v) is 18.4. The van der Waals surface area contributed by atoms with Gasteiger partial charge in [0, 0.05) is 5.75 Å². The summed E-state index contributed by atoms with van der Waals surface area (Å²) in [6, 6.07) is 0.593. The van der Waals surface area contributed by atoms with Gasteiger partial charge in [0.05, 0.1) is 0 Å². The zero-order valence-electron chi connectivity index (χ0n) is 8.00. The molecule has 7 heteroatoms. The highest BCUT2D eigenvalue weighted by molar-refractivity contribution is 8.79. The van der Waals surface area contributed by atoms with Gasteiger partial charge >= 0.3 is 0 Å². The van der Waals surface area contributed by atoms with E-state index in [1.54, 1.807) is 0 Å². The SMILES string of the molecule is C=C(C)C(C)[Si](Cl)(Cl)CCS(Cl)(Cl)Cl. The van der Waals surface area contributed by atoms with Crippen LogP contribution in [-0.2, 0) is 0 Å². The minimum atomic E-state index is -2.37. The Labute approximate surface area is 111 Å². The largest absolute Gasteiger partial charge is 0.258 e. The second kappa shape index (κ2) is 5.90. The van der Waals surface area contributed by atoms with E-state index in [0.29, 0.717) is 11.8 Å². The molecule has 1 atom stereocenters. The quantitative estimate of drug-likeness (QED) is 0.322. The van der Waals surface area contributed by atoms with Crippen molar-refractivity contribution in [1.82, 2.24) is 0 Å². The molecule has 0 fully saturated rings. The lowest BCUT2D eigenvalue weighted by molar-refractivity contribution is 1.06. The van der Waals surface area contributed by atoms with Crippen molar-refractivity contribution in [2.24, 2.45) is 0 Å². The summed E-state index contributed by atoms with van der Waals surface area (Å²) in [5.74, 6) is 0.467. The van der Waals surface area contributed by atoms with E-state index in [0.717, 1.165) is 5.57 Å². The fourth-order valence-corrected chi connectivity index (χ4v) is 8.59. The summed E-state index contributed by atoms with van der Waals surface area (Å²) >= 11 is 12.5. The van der Waals surface area contributed by atoms with Gasteiger partial charge < -0.3 is 0 Å². The molecule has 0 saturated heterocycles. The lowest BCUT2D eigenvalue weighted by Crippen LogP contribution is -2.26. The Morgan fingerprint density at radius 2 is 1.79 bits per heavy atom. The molecular formula is C7H13Cl5SSi. The highest BCUT2D eigenvalue weighted by Crippen LogP contribution is 2.64. The van der Waals surface area contributed by atoms with Crippen LogP contribution in [0, 0.1) is 0 Å². The smallest absolute Gasteiger partial charge is 0.145 e. The molecule has 0 aromatic heterocycles. The van der Waals surface area contributed by atoms with E-state index >= 15 is 0 Å². The molecule has 0 amide bonds. The van der Waals surface area contributed by atoms with Crippen LogP contribution in [0.3, 0.4) is 0 Å². The molecule has 0 saturated carbocycles. The molecule has 0 rings (SSSR count). The summed E-state index contributed by atoms with van der Waals surface area (Å²) in [4.78, 5) is 0. The van der Waals surface area contributed by atoms with Crippen molar-refractivity contribution in [1.29, 1.82) is 0 Å². The zero-order chi connectivity index (χ0) is 11.6. The molecule has 0 aliphatic carbocycles. The number of hydrogen-bond donors (Lipinski definition) is 0. The van der Waals surface area contributed by atoms with Crippen LogP contribution < -0.4 is 0 Å². The third kappa shape index (κ3) is 6.36. The minimum absolute atomic E-state index is 0.123. The van der Waals surface area contributed by atoms with Crippen molar-refractivity contribution < 1.29 is 0 Å². The van der Waals surface area contributed by atoms with Gasteiger partial charge in [0.1, 0.15) is 0 Å². The number of hydrogen-bond acceptors (Lipinski definition) is 0. The third-order valence-electron chi connectivity index (χ3n) is 2.04. The molecule has 0 nitrogen and oxygen atoms in total. The molecule has 0 aromatic carbocycles. The first-order chi connectivity index (χ1) is 6.06. The predicted octanol–water partition coefficient (Wildman–Crippen LogP) is 6.14. The average molecular weight is 335 g/mol. The Bertz CT molecular complexity index is 213. The van der Waals surface area contributed by atoms with Crippen LogP contribution in [0.5, 0.6) is 0 Å². The van der Waals surface area contributed by atoms with E-state index in [1.165, 1.54) is 0 Å². The topological polar surface area (TPSA) is 0 Å². The van der Waals surface area contributed by atoms with Crippen molar-refractivity contribution >= 4 is 68.6 Å². The standard InChI is InChI=1S/C7H13Cl5SSi/c1-6(2)7(3)14(11,12)5-4-13(8,9)10/h7H,1,4-5H2,2-3H3. The van der Waals surface area contributed by atoms with E-state index in [4.69, 9.17) is 54.2 Å². The van der Waals surface area contributed by atoms with Gasteiger partial charge in [0.25, 0.3) is 6.69 Å². The first kappa shape index (κ1) is 15.8. The van der Waals surface area contributed by atoms with Gasteiger partial charge in [-0.3, -0.25) is 0 Å². The summed E-state index contributed by atoms with van der Waals surface area (Å²) < 4.78 is 0. The van der Waals surface area contributed by atoms with Crippen LogP contribution in [0.15, 0.2) is 12.2 Å². The van der Waals surface area contributed by atoms with Gasteiger partial charge in [-0.15, -0.1) is 28.7 Å². The Morgan fingerprint density at radius 3 is 2.07 bits per heavy atom. The van der Waals surface area contributed by atoms with Crippen molar-refractivity contribution in [2.45, 2.75) is 25.4 Å². The highest BCUT2D eigenvalue weighted by Gasteiger charge is 2.37. The van der Waals surface area contributed by atoms with Gasteiger partial charge in [-0.1, -0.05) is 12.5 Å². The molecule has 0 aliphatic rings. The van der Waals surface area contributed by atoms with Gasteiger partial charge in [-0.25, -0.2) is 0 Å². The highest BCUT2D eigenvalue weighted by atomic mass is 36.2. The second-order valence-electron chi connectivity index (χ2n) is 3.29. The van der Waals surface area contributed by atoms with Crippen molar-refractivity contribution in [2.75, 3.05) is 5.75 Å². The molecule has 86 valence electrons. The first-order valence-corrected chi connectivity index (χ1v) is 12.6. The van der Waals surface area contributed by atoms with Gasteiger partial charge in [0.2, 0.25) is 0 Å². The van der Waals surface area contributed by atoms with E-state index < -0.39 is 14.4 Å². The summed E-state index contributed by atoms with van der Waals surface area (Å²) in [6.45, 7) is 5.36. The lowest BCUT2D eigenvalue weighted by atomic mass is 10.3. The van der Waals surface area contributed by atoms with Crippen molar-refractivity contribution in [3.8, 4) is 0 Å². The molecular weight excluding hydrogens is 321 g/mol. The lowest BCUT2D eigenvalue weighted by Gasteiger charge is -2.26. The normalized spacial score (nSPS) is 16.5. The molecule has 0 aliphatic heterocycles. The first-order valence-electron chi connectivity index (χ1n) is 3.99. The van der Waals surface area contributed by atoms with Gasteiger partial charge in [-0.05, 0) is 58.2 Å². The molecule has 14 heavy (non-hydrogen) atoms. The van der Waals surface area contributed by atoms with Crippen molar-refractivity contribution in [3.05, 3.63) is 12.2 Å². The Kier molecular flexibility index (Phi) is 6.64. The minimum Gasteiger partial charge on any atom is -0.145 e. The number of allylic oxidation sites excluding steroid dienone is 1. The fraction of sp³-hybridized carbons (Fsp3) is 0.714. The van der Waals surface area contributed by atoms with Crippen LogP contribution in [-0.4, -0.2) is 12.4 Å². The van der Waals surface area contributed by atoms with Gasteiger partial charge in [0.15, 0.2) is 0 Å². The van der Waals surface area contributed by atoms with Crippen LogP contribution in [0.1, 0.15) is 13.8 Å². The molecule has 0 aromatic rings. The van der Waals surface area contributed by atoms with E-state index in [9.17, 15) is 0 Å². The summed E-state index contributed by atoms with van der Waals surface area (Å²) in [5, 5.41) is 0. The maximum Gasteiger partial charge on any atom is 0.258 e. The van der Waals surface area contributed by atoms with E-state index in [2.05, 4.69) is 6.58 Å². The van der Waals surface area contributed by atoms with E-state index in [1.807, 2.05) is 13.8 Å². The maximum atomic E-state index is 6.27. The summed E-state index contributed by atoms with van der Waals surface area (Å²) in [6.07, 6.45) is 0. The Morgan fingerprint density at radius 1 is 1.36 bits per heavy atom. The van der Waals surface area contributed by atoms with Crippen LogP contribution >= 0.6 is 61.9 Å². The Hall–Kier alpha value is 1.76. The zero-order valence-corrected chi connectivity index (χ0v) is 13.6. The van der Waals surface area contributed by atoms with E-state index in [-0.39, 0.29) is 5.54 Å². The molecule has 0 radical (unpaired) electrons. The van der Waals surface area contributed by atoms with Gasteiger partial charge in [-0.2, -0.15) is 0 Å². The number of rotatable bonds is 5. The third-order valence-corrected chi connectivity index (χ3v) is 10.2. The molecule has 1 unspecified atom stereocenters. The maximum absolute atomic E-state index is 6.27. The monoisotopic (exact) mass is 332 g/mol. The Balaban J connectivity index is 4.27. The van der Waals surface area contributed by atoms with Crippen LogP contribution in [0.2, 0.25) is 11.6 Å². The molecule has 0 heterocycles. The van der Waals surface area contributed by atoms with Crippen molar-refractivity contribution in [3.63, 3.8) is 0 Å². The molecule has 0 bridgehead atoms. The average Bonchev–Trinajstić information content (AvgIpc) is 1.98. The number of halogens is 5. The fourth-order valence-electron chi connectivity index (χ4n) is 0.829.